The SMILES string of the molecule is COc1cccc(-c2nnc(CS(=O)(=O)[C@@H](C)C(=O)c3ncc(C)cn3)n2-c2c(OC)cccc2OC)n1.COc1cccc(-c2nnc(CS(=O)(=O)[C@H](C)C(=O)c3ncc(C)cn3)n2-c2c(OC)cccc2OC)c1. The summed E-state index contributed by atoms with van der Waals surface area (Å²) in [4.78, 5) is 46.2. The van der Waals surface area contributed by atoms with E-state index in [1.165, 1.54) is 78.8 Å². The van der Waals surface area contributed by atoms with Gasteiger partial charge in [-0.05, 0) is 81.3 Å². The third kappa shape index (κ3) is 11.8. The van der Waals surface area contributed by atoms with Crippen LogP contribution in [-0.2, 0) is 31.2 Å². The number of pyridine rings is 1. The van der Waals surface area contributed by atoms with E-state index in [4.69, 9.17) is 28.4 Å². The maximum atomic E-state index is 13.5. The lowest BCUT2D eigenvalue weighted by Crippen LogP contribution is -2.30. The normalized spacial score (nSPS) is 12.1. The standard InChI is InChI=1S/C26H27N5O6S.C25H26N6O6S/c1-16-13-27-25(28-14-16)24(32)17(2)38(33,34)15-22-29-30-26(18-8-6-9-19(12-18)35-3)31(22)23-20(36-4)10-7-11-21(23)37-5;1-15-12-26-24(27-13-15)23(32)16(2)38(33,34)14-20-29-30-25(17-8-6-11-21(28-17)37-5)31(20)22-18(35-3)9-7-10-19(22)36-4/h6-14,17H,15H2,1-5H3;6-13,16H,14H2,1-5H3/t17-;16-/m10/s1. The fraction of sp³-hybridized carbons (Fsp3) is 0.275. The molecule has 2 atom stereocenters. The van der Waals surface area contributed by atoms with E-state index in [1.54, 1.807) is 104 Å². The molecule has 0 spiro atoms. The van der Waals surface area contributed by atoms with Crippen LogP contribution in [0.15, 0.2) is 104 Å². The molecule has 0 aliphatic carbocycles. The molecule has 0 aliphatic rings. The summed E-state index contributed by atoms with van der Waals surface area (Å²) >= 11 is 0. The molecule has 0 saturated carbocycles. The number of benzene rings is 3. The van der Waals surface area contributed by atoms with Gasteiger partial charge in [-0.2, -0.15) is 0 Å². The molecule has 8 aromatic rings. The monoisotopic (exact) mass is 1080 g/mol. The highest BCUT2D eigenvalue weighted by Gasteiger charge is 2.36. The van der Waals surface area contributed by atoms with Crippen LogP contribution in [0.2, 0.25) is 0 Å². The van der Waals surface area contributed by atoms with Gasteiger partial charge < -0.3 is 28.4 Å². The van der Waals surface area contributed by atoms with E-state index in [-0.39, 0.29) is 29.1 Å². The van der Waals surface area contributed by atoms with Gasteiger partial charge in [0.1, 0.15) is 67.8 Å². The van der Waals surface area contributed by atoms with Crippen molar-refractivity contribution in [2.45, 2.75) is 49.7 Å². The number of para-hydroxylation sites is 2. The zero-order valence-electron chi connectivity index (χ0n) is 43.0. The first-order chi connectivity index (χ1) is 36.4. The summed E-state index contributed by atoms with van der Waals surface area (Å²) in [6.07, 6.45) is 5.84. The van der Waals surface area contributed by atoms with Gasteiger partial charge in [0.15, 0.2) is 54.6 Å². The minimum absolute atomic E-state index is 0.0249. The summed E-state index contributed by atoms with van der Waals surface area (Å²) < 4.78 is 89.8. The Kier molecular flexibility index (Phi) is 17.1. The Morgan fingerprint density at radius 2 is 0.921 bits per heavy atom. The van der Waals surface area contributed by atoms with Crippen LogP contribution in [0.3, 0.4) is 0 Å². The Morgan fingerprint density at radius 1 is 0.513 bits per heavy atom. The van der Waals surface area contributed by atoms with Crippen molar-refractivity contribution in [1.82, 2.24) is 54.4 Å². The molecule has 5 heterocycles. The smallest absolute Gasteiger partial charge is 0.217 e. The molecule has 76 heavy (non-hydrogen) atoms. The number of rotatable bonds is 20. The third-order valence-corrected chi connectivity index (χ3v) is 15.6. The molecule has 0 N–H and O–H groups in total. The largest absolute Gasteiger partial charge is 0.497 e. The summed E-state index contributed by atoms with van der Waals surface area (Å²) in [5.41, 5.74) is 3.26. The molecule has 3 aromatic carbocycles. The Balaban J connectivity index is 0.000000221. The molecular weight excluding hydrogens is 1020 g/mol. The summed E-state index contributed by atoms with van der Waals surface area (Å²) in [6, 6.07) is 22.5. The lowest BCUT2D eigenvalue weighted by molar-refractivity contribution is 0.0973. The average Bonchev–Trinajstić information content (AvgIpc) is 4.07. The number of ether oxygens (including phenoxy) is 6. The molecule has 8 rings (SSSR count). The first kappa shape index (κ1) is 55.0. The van der Waals surface area contributed by atoms with Crippen molar-refractivity contribution in [3.63, 3.8) is 0 Å². The maximum Gasteiger partial charge on any atom is 0.217 e. The molecule has 396 valence electrons. The second kappa shape index (κ2) is 23.7. The fourth-order valence-electron chi connectivity index (χ4n) is 7.50. The van der Waals surface area contributed by atoms with Gasteiger partial charge in [0.25, 0.3) is 0 Å². The fourth-order valence-corrected chi connectivity index (χ4v) is 9.96. The highest BCUT2D eigenvalue weighted by molar-refractivity contribution is 7.92. The number of hydrogen-bond acceptors (Lipinski definition) is 21. The molecule has 0 aliphatic heterocycles. The Morgan fingerprint density at radius 3 is 1.34 bits per heavy atom. The summed E-state index contributed by atoms with van der Waals surface area (Å²) in [6.45, 7) is 6.15. The molecule has 23 nitrogen and oxygen atoms in total. The number of aryl methyl sites for hydroxylation is 2. The molecule has 0 bridgehead atoms. The lowest BCUT2D eigenvalue weighted by atomic mass is 10.2. The number of ketones is 2. The molecule has 25 heteroatoms. The topological polar surface area (TPSA) is 284 Å². The Labute approximate surface area is 438 Å². The number of aromatic nitrogens is 11. The minimum atomic E-state index is -4.10. The van der Waals surface area contributed by atoms with Crippen LogP contribution in [0.5, 0.6) is 34.6 Å². The molecular formula is C51H53N11O12S2. The van der Waals surface area contributed by atoms with E-state index in [0.717, 1.165) is 11.1 Å². The van der Waals surface area contributed by atoms with E-state index >= 15 is 0 Å². The van der Waals surface area contributed by atoms with Crippen molar-refractivity contribution in [2.24, 2.45) is 0 Å². The molecule has 5 aromatic heterocycles. The number of Topliss-reactive ketones (excluding diaryl/α,β-unsaturated/α-hetero) is 2. The van der Waals surface area contributed by atoms with Crippen LogP contribution in [0, 0.1) is 13.8 Å². The predicted octanol–water partition coefficient (Wildman–Crippen LogP) is 5.88. The van der Waals surface area contributed by atoms with Crippen molar-refractivity contribution in [1.29, 1.82) is 0 Å². The van der Waals surface area contributed by atoms with E-state index in [9.17, 15) is 26.4 Å². The van der Waals surface area contributed by atoms with Crippen LogP contribution < -0.4 is 28.4 Å². The summed E-state index contributed by atoms with van der Waals surface area (Å²) in [5, 5.41) is 14.1. The van der Waals surface area contributed by atoms with Crippen molar-refractivity contribution in [3.05, 3.63) is 138 Å². The molecule has 0 saturated heterocycles. The van der Waals surface area contributed by atoms with Gasteiger partial charge in [0, 0.05) is 36.4 Å². The van der Waals surface area contributed by atoms with Crippen molar-refractivity contribution < 1.29 is 54.8 Å². The lowest BCUT2D eigenvalue weighted by Gasteiger charge is -2.18. The minimum Gasteiger partial charge on any atom is -0.497 e. The van der Waals surface area contributed by atoms with E-state index in [0.29, 0.717) is 63.1 Å². The van der Waals surface area contributed by atoms with E-state index in [1.807, 2.05) is 0 Å². The van der Waals surface area contributed by atoms with Gasteiger partial charge in [-0.3, -0.25) is 18.7 Å². The summed E-state index contributed by atoms with van der Waals surface area (Å²) in [5.74, 6) is 0.125. The number of carbonyl (C=O) groups excluding carboxylic acids is 2. The molecule has 0 fully saturated rings. The number of methoxy groups -OCH3 is 6. The van der Waals surface area contributed by atoms with Crippen molar-refractivity contribution >= 4 is 31.2 Å². The molecule has 0 unspecified atom stereocenters. The third-order valence-electron chi connectivity index (χ3n) is 11.7. The Bertz CT molecular complexity index is 3330. The van der Waals surface area contributed by atoms with Crippen LogP contribution in [-0.4, -0.2) is 136 Å². The van der Waals surface area contributed by atoms with Gasteiger partial charge >= 0.3 is 0 Å². The number of sulfone groups is 2. The molecule has 0 amide bonds. The molecule has 0 radical (unpaired) electrons. The van der Waals surface area contributed by atoms with Gasteiger partial charge in [-0.15, -0.1) is 20.4 Å². The Hall–Kier alpha value is -8.71. The average molecular weight is 1080 g/mol. The van der Waals surface area contributed by atoms with Gasteiger partial charge in [-0.25, -0.2) is 41.8 Å². The quantitative estimate of drug-likeness (QED) is 0.0805. The zero-order chi connectivity index (χ0) is 54.9. The van der Waals surface area contributed by atoms with Crippen LogP contribution in [0.4, 0.5) is 0 Å². The van der Waals surface area contributed by atoms with Crippen molar-refractivity contribution in [2.75, 3.05) is 42.7 Å². The zero-order valence-corrected chi connectivity index (χ0v) is 44.7. The second-order valence-corrected chi connectivity index (χ2v) is 21.3. The maximum absolute atomic E-state index is 13.5. The summed E-state index contributed by atoms with van der Waals surface area (Å²) in [7, 11) is 0.780. The van der Waals surface area contributed by atoms with Gasteiger partial charge in [-0.1, -0.05) is 30.3 Å². The highest BCUT2D eigenvalue weighted by atomic mass is 32.2. The van der Waals surface area contributed by atoms with Gasteiger partial charge in [0.05, 0.1) is 42.7 Å². The predicted molar refractivity (Wildman–Crippen MR) is 277 cm³/mol. The van der Waals surface area contributed by atoms with E-state index in [2.05, 4.69) is 45.3 Å². The number of nitrogens with zero attached hydrogens (tertiary/aromatic N) is 11. The van der Waals surface area contributed by atoms with E-state index < -0.39 is 53.2 Å². The number of carbonyl (C=O) groups is 2. The highest BCUT2D eigenvalue weighted by Crippen LogP contribution is 2.39. The van der Waals surface area contributed by atoms with Crippen molar-refractivity contribution in [3.8, 4) is 68.9 Å². The van der Waals surface area contributed by atoms with Crippen LogP contribution >= 0.6 is 0 Å². The number of hydrogen-bond donors (Lipinski definition) is 0. The van der Waals surface area contributed by atoms with Gasteiger partial charge in [0.2, 0.25) is 17.4 Å². The second-order valence-electron chi connectivity index (χ2n) is 16.7. The first-order valence-electron chi connectivity index (χ1n) is 23.0. The van der Waals surface area contributed by atoms with Crippen LogP contribution in [0.25, 0.3) is 34.3 Å². The van der Waals surface area contributed by atoms with Crippen LogP contribution in [0.1, 0.15) is 57.9 Å². The first-order valence-corrected chi connectivity index (χ1v) is 26.4.